The number of nitrogens with zero attached hydrogens (tertiary/aromatic N) is 3. The molecule has 2 aromatic heterocycles. The third-order valence-corrected chi connectivity index (χ3v) is 5.46. The van der Waals surface area contributed by atoms with E-state index in [1.807, 2.05) is 26.4 Å². The standard InChI is InChI=1S/C26H28N4/c1-17(2)12-20-6-8-21(9-7-20)18(3)29-26-14-24-13-22(10-11-23(24)15-28-26)25-16-27-19(4)30(25)5/h6-11,13-17H,3,12H2,1-2,4-5H3,(H,28,29). The minimum Gasteiger partial charge on any atom is -0.340 e. The summed E-state index contributed by atoms with van der Waals surface area (Å²) in [5.74, 6) is 2.44. The highest BCUT2D eigenvalue weighted by Gasteiger charge is 2.08. The molecular weight excluding hydrogens is 368 g/mol. The fraction of sp³-hybridized carbons (Fsp3) is 0.231. The molecule has 0 atom stereocenters. The molecular formula is C26H28N4. The molecule has 0 aliphatic carbocycles. The lowest BCUT2D eigenvalue weighted by atomic mass is 10.0. The third kappa shape index (κ3) is 4.13. The Balaban J connectivity index is 1.57. The van der Waals surface area contributed by atoms with E-state index >= 15 is 0 Å². The van der Waals surface area contributed by atoms with Crippen LogP contribution in [-0.2, 0) is 13.5 Å². The summed E-state index contributed by atoms with van der Waals surface area (Å²) in [6, 6.07) is 17.1. The van der Waals surface area contributed by atoms with Gasteiger partial charge in [-0.15, -0.1) is 0 Å². The summed E-state index contributed by atoms with van der Waals surface area (Å²) < 4.78 is 2.10. The first-order chi connectivity index (χ1) is 14.4. The van der Waals surface area contributed by atoms with Gasteiger partial charge in [-0.1, -0.05) is 56.8 Å². The van der Waals surface area contributed by atoms with Gasteiger partial charge < -0.3 is 9.88 Å². The molecule has 0 saturated carbocycles. The third-order valence-electron chi connectivity index (χ3n) is 5.46. The summed E-state index contributed by atoms with van der Waals surface area (Å²) in [4.78, 5) is 8.98. The smallest absolute Gasteiger partial charge is 0.130 e. The van der Waals surface area contributed by atoms with Gasteiger partial charge in [0.1, 0.15) is 11.6 Å². The molecule has 0 unspecified atom stereocenters. The number of fused-ring (bicyclic) bond motifs is 1. The van der Waals surface area contributed by atoms with Crippen molar-refractivity contribution in [3.05, 3.63) is 84.5 Å². The lowest BCUT2D eigenvalue weighted by Gasteiger charge is -2.12. The maximum Gasteiger partial charge on any atom is 0.130 e. The van der Waals surface area contributed by atoms with Gasteiger partial charge in [-0.25, -0.2) is 9.97 Å². The highest BCUT2D eigenvalue weighted by Crippen LogP contribution is 2.26. The van der Waals surface area contributed by atoms with E-state index < -0.39 is 0 Å². The SMILES string of the molecule is C=C(Nc1cc2cc(-c3cnc(C)n3C)ccc2cn1)c1ccc(CC(C)C)cc1. The molecule has 4 heteroatoms. The number of nitrogens with one attached hydrogen (secondary N) is 1. The lowest BCUT2D eigenvalue weighted by Crippen LogP contribution is -2.00. The zero-order chi connectivity index (χ0) is 21.3. The van der Waals surface area contributed by atoms with Gasteiger partial charge in [-0.05, 0) is 47.9 Å². The van der Waals surface area contributed by atoms with E-state index in [1.54, 1.807) is 0 Å². The molecule has 0 aliphatic heterocycles. The van der Waals surface area contributed by atoms with Crippen LogP contribution in [0.2, 0.25) is 0 Å². The fourth-order valence-electron chi connectivity index (χ4n) is 3.68. The van der Waals surface area contributed by atoms with Gasteiger partial charge in [0.05, 0.1) is 11.9 Å². The van der Waals surface area contributed by atoms with Gasteiger partial charge in [0, 0.05) is 29.9 Å². The van der Waals surface area contributed by atoms with Crippen LogP contribution < -0.4 is 5.32 Å². The Labute approximate surface area is 178 Å². The van der Waals surface area contributed by atoms with E-state index in [4.69, 9.17) is 0 Å². The Bertz CT molecular complexity index is 1200. The molecule has 2 aromatic carbocycles. The molecule has 1 N–H and O–H groups in total. The molecule has 2 heterocycles. The van der Waals surface area contributed by atoms with Gasteiger partial charge >= 0.3 is 0 Å². The van der Waals surface area contributed by atoms with Crippen molar-refractivity contribution in [1.29, 1.82) is 0 Å². The first-order valence-corrected chi connectivity index (χ1v) is 10.3. The summed E-state index contributed by atoms with van der Waals surface area (Å²) in [7, 11) is 2.04. The van der Waals surface area contributed by atoms with Crippen molar-refractivity contribution in [2.24, 2.45) is 13.0 Å². The first kappa shape index (κ1) is 19.9. The number of aryl methyl sites for hydroxylation is 1. The van der Waals surface area contributed by atoms with E-state index in [0.717, 1.165) is 51.4 Å². The quantitative estimate of drug-likeness (QED) is 0.420. The van der Waals surface area contributed by atoms with Crippen molar-refractivity contribution in [2.75, 3.05) is 5.32 Å². The summed E-state index contributed by atoms with van der Waals surface area (Å²) in [6.07, 6.45) is 4.90. The molecule has 152 valence electrons. The Morgan fingerprint density at radius 1 is 1.00 bits per heavy atom. The molecule has 0 radical (unpaired) electrons. The summed E-state index contributed by atoms with van der Waals surface area (Å²) >= 11 is 0. The fourth-order valence-corrected chi connectivity index (χ4v) is 3.68. The van der Waals surface area contributed by atoms with Crippen molar-refractivity contribution in [3.63, 3.8) is 0 Å². The van der Waals surface area contributed by atoms with E-state index in [9.17, 15) is 0 Å². The summed E-state index contributed by atoms with van der Waals surface area (Å²) in [6.45, 7) is 10.7. The molecule has 0 saturated heterocycles. The Hall–Kier alpha value is -3.40. The highest BCUT2D eigenvalue weighted by atomic mass is 15.0. The monoisotopic (exact) mass is 396 g/mol. The number of hydrogen-bond donors (Lipinski definition) is 1. The summed E-state index contributed by atoms with van der Waals surface area (Å²) in [5.41, 5.74) is 5.51. The van der Waals surface area contributed by atoms with E-state index in [-0.39, 0.29) is 0 Å². The average Bonchev–Trinajstić information content (AvgIpc) is 3.06. The van der Waals surface area contributed by atoms with Crippen LogP contribution in [0.1, 0.15) is 30.8 Å². The number of hydrogen-bond acceptors (Lipinski definition) is 3. The van der Waals surface area contributed by atoms with Crippen LogP contribution in [0, 0.1) is 12.8 Å². The predicted molar refractivity (Wildman–Crippen MR) is 126 cm³/mol. The summed E-state index contributed by atoms with van der Waals surface area (Å²) in [5, 5.41) is 5.59. The van der Waals surface area contributed by atoms with Crippen molar-refractivity contribution >= 4 is 22.3 Å². The van der Waals surface area contributed by atoms with Crippen LogP contribution in [-0.4, -0.2) is 14.5 Å². The van der Waals surface area contributed by atoms with E-state index in [0.29, 0.717) is 5.92 Å². The predicted octanol–water partition coefficient (Wildman–Crippen LogP) is 6.23. The van der Waals surface area contributed by atoms with Crippen molar-refractivity contribution in [1.82, 2.24) is 14.5 Å². The number of anilines is 1. The Morgan fingerprint density at radius 3 is 2.43 bits per heavy atom. The van der Waals surface area contributed by atoms with Crippen LogP contribution in [0.4, 0.5) is 5.82 Å². The van der Waals surface area contributed by atoms with E-state index in [2.05, 4.69) is 88.8 Å². The topological polar surface area (TPSA) is 42.7 Å². The molecule has 4 rings (SSSR count). The molecule has 4 nitrogen and oxygen atoms in total. The molecule has 0 bridgehead atoms. The van der Waals surface area contributed by atoms with Crippen molar-refractivity contribution in [3.8, 4) is 11.3 Å². The van der Waals surface area contributed by atoms with Gasteiger partial charge in [0.25, 0.3) is 0 Å². The zero-order valence-electron chi connectivity index (χ0n) is 18.1. The van der Waals surface area contributed by atoms with Gasteiger partial charge in [-0.3, -0.25) is 0 Å². The Morgan fingerprint density at radius 2 is 1.77 bits per heavy atom. The minimum absolute atomic E-state index is 0.652. The average molecular weight is 397 g/mol. The van der Waals surface area contributed by atoms with Gasteiger partial charge in [0.15, 0.2) is 0 Å². The van der Waals surface area contributed by atoms with Crippen LogP contribution in [0.3, 0.4) is 0 Å². The molecule has 0 spiro atoms. The molecule has 4 aromatic rings. The highest BCUT2D eigenvalue weighted by molar-refractivity contribution is 5.89. The number of benzene rings is 2. The van der Waals surface area contributed by atoms with E-state index in [1.165, 1.54) is 5.56 Å². The van der Waals surface area contributed by atoms with Crippen molar-refractivity contribution < 1.29 is 0 Å². The van der Waals surface area contributed by atoms with Crippen LogP contribution in [0.5, 0.6) is 0 Å². The van der Waals surface area contributed by atoms with Gasteiger partial charge in [-0.2, -0.15) is 0 Å². The number of aromatic nitrogens is 3. The van der Waals surface area contributed by atoms with Crippen LogP contribution in [0.15, 0.2) is 67.5 Å². The molecule has 0 amide bonds. The maximum absolute atomic E-state index is 4.56. The second-order valence-corrected chi connectivity index (χ2v) is 8.28. The molecule has 0 aliphatic rings. The Kier molecular flexibility index (Phi) is 5.40. The van der Waals surface area contributed by atoms with Crippen LogP contribution >= 0.6 is 0 Å². The largest absolute Gasteiger partial charge is 0.340 e. The number of pyridine rings is 1. The number of rotatable bonds is 6. The van der Waals surface area contributed by atoms with Crippen LogP contribution in [0.25, 0.3) is 27.7 Å². The molecule has 30 heavy (non-hydrogen) atoms. The minimum atomic E-state index is 0.652. The maximum atomic E-state index is 4.56. The first-order valence-electron chi connectivity index (χ1n) is 10.3. The normalized spacial score (nSPS) is 11.2. The number of imidazole rings is 1. The second-order valence-electron chi connectivity index (χ2n) is 8.28. The molecule has 0 fully saturated rings. The second kappa shape index (κ2) is 8.15. The van der Waals surface area contributed by atoms with Gasteiger partial charge in [0.2, 0.25) is 0 Å². The zero-order valence-corrected chi connectivity index (χ0v) is 18.1. The van der Waals surface area contributed by atoms with Crippen molar-refractivity contribution in [2.45, 2.75) is 27.2 Å². The lowest BCUT2D eigenvalue weighted by molar-refractivity contribution is 0.647.